The Hall–Kier alpha value is -1.32. The molecule has 3 nitrogen and oxygen atoms in total. The minimum absolute atomic E-state index is 0.744. The number of nitrogens with zero attached hydrogens (tertiary/aromatic N) is 1. The van der Waals surface area contributed by atoms with Gasteiger partial charge in [-0.05, 0) is 25.5 Å². The standard InChI is InChI=1S/C17H26N2O/c1-3-11-19(16-9-10-16)12-13-20-17-8-6-5-7-15(17)14-18-4-2/h3,5-8,16,18H,1,4,9-14H2,2H3. The van der Waals surface area contributed by atoms with Gasteiger partial charge >= 0.3 is 0 Å². The molecular formula is C17H26N2O. The van der Waals surface area contributed by atoms with Gasteiger partial charge in [-0.2, -0.15) is 0 Å². The van der Waals surface area contributed by atoms with E-state index < -0.39 is 0 Å². The van der Waals surface area contributed by atoms with Crippen LogP contribution in [0.2, 0.25) is 0 Å². The molecule has 0 aliphatic heterocycles. The fraction of sp³-hybridized carbons (Fsp3) is 0.529. The van der Waals surface area contributed by atoms with E-state index in [0.717, 1.165) is 44.6 Å². The summed E-state index contributed by atoms with van der Waals surface area (Å²) < 4.78 is 5.97. The second-order valence-corrected chi connectivity index (χ2v) is 5.25. The molecule has 0 radical (unpaired) electrons. The Balaban J connectivity index is 1.81. The number of nitrogens with one attached hydrogen (secondary N) is 1. The minimum Gasteiger partial charge on any atom is -0.492 e. The molecule has 1 aliphatic carbocycles. The lowest BCUT2D eigenvalue weighted by molar-refractivity contribution is 0.215. The highest BCUT2D eigenvalue weighted by Crippen LogP contribution is 2.26. The zero-order chi connectivity index (χ0) is 14.2. The Labute approximate surface area is 122 Å². The third kappa shape index (κ3) is 4.66. The molecule has 0 spiro atoms. The zero-order valence-corrected chi connectivity index (χ0v) is 12.5. The molecule has 1 fully saturated rings. The van der Waals surface area contributed by atoms with Gasteiger partial charge in [-0.1, -0.05) is 31.2 Å². The van der Waals surface area contributed by atoms with Crippen molar-refractivity contribution >= 4 is 0 Å². The third-order valence-electron chi connectivity index (χ3n) is 3.60. The molecule has 2 rings (SSSR count). The Morgan fingerprint density at radius 3 is 2.90 bits per heavy atom. The Morgan fingerprint density at radius 2 is 2.20 bits per heavy atom. The van der Waals surface area contributed by atoms with Gasteiger partial charge in [0.2, 0.25) is 0 Å². The first-order valence-electron chi connectivity index (χ1n) is 7.61. The van der Waals surface area contributed by atoms with Crippen molar-refractivity contribution in [3.8, 4) is 5.75 Å². The Kier molecular flexibility index (Phi) is 6.09. The SMILES string of the molecule is C=CCN(CCOc1ccccc1CNCC)C1CC1. The van der Waals surface area contributed by atoms with Crippen LogP contribution in [0.5, 0.6) is 5.75 Å². The molecule has 0 aromatic heterocycles. The highest BCUT2D eigenvalue weighted by atomic mass is 16.5. The summed E-state index contributed by atoms with van der Waals surface area (Å²) in [4.78, 5) is 2.46. The lowest BCUT2D eigenvalue weighted by Crippen LogP contribution is -2.30. The highest BCUT2D eigenvalue weighted by Gasteiger charge is 2.27. The molecule has 3 heteroatoms. The van der Waals surface area contributed by atoms with Gasteiger partial charge in [-0.3, -0.25) is 4.90 Å². The third-order valence-corrected chi connectivity index (χ3v) is 3.60. The molecule has 0 atom stereocenters. The van der Waals surface area contributed by atoms with Crippen LogP contribution in [-0.2, 0) is 6.54 Å². The molecule has 1 N–H and O–H groups in total. The molecule has 0 bridgehead atoms. The summed E-state index contributed by atoms with van der Waals surface area (Å²) in [5, 5.41) is 3.35. The first kappa shape index (κ1) is 15.1. The first-order chi connectivity index (χ1) is 9.85. The van der Waals surface area contributed by atoms with Crippen molar-refractivity contribution < 1.29 is 4.74 Å². The van der Waals surface area contributed by atoms with E-state index in [2.05, 4.69) is 41.9 Å². The van der Waals surface area contributed by atoms with Gasteiger partial charge in [0.05, 0.1) is 0 Å². The van der Waals surface area contributed by atoms with Crippen molar-refractivity contribution in [3.05, 3.63) is 42.5 Å². The van der Waals surface area contributed by atoms with Gasteiger partial charge in [-0.15, -0.1) is 6.58 Å². The van der Waals surface area contributed by atoms with E-state index in [-0.39, 0.29) is 0 Å². The van der Waals surface area contributed by atoms with Crippen molar-refractivity contribution in [1.29, 1.82) is 0 Å². The fourth-order valence-electron chi connectivity index (χ4n) is 2.35. The maximum Gasteiger partial charge on any atom is 0.123 e. The molecule has 110 valence electrons. The normalized spacial score (nSPS) is 14.5. The van der Waals surface area contributed by atoms with Gasteiger partial charge in [0.1, 0.15) is 12.4 Å². The van der Waals surface area contributed by atoms with Crippen LogP contribution in [0.25, 0.3) is 0 Å². The molecule has 0 unspecified atom stereocenters. The summed E-state index contributed by atoms with van der Waals surface area (Å²) in [5.74, 6) is 1.00. The van der Waals surface area contributed by atoms with E-state index >= 15 is 0 Å². The van der Waals surface area contributed by atoms with Crippen LogP contribution in [0.3, 0.4) is 0 Å². The van der Waals surface area contributed by atoms with Crippen molar-refractivity contribution in [3.63, 3.8) is 0 Å². The van der Waals surface area contributed by atoms with E-state index in [0.29, 0.717) is 0 Å². The molecular weight excluding hydrogens is 248 g/mol. The summed E-state index contributed by atoms with van der Waals surface area (Å²) in [6, 6.07) is 9.04. The molecule has 1 aliphatic rings. The van der Waals surface area contributed by atoms with E-state index in [4.69, 9.17) is 4.74 Å². The topological polar surface area (TPSA) is 24.5 Å². The van der Waals surface area contributed by atoms with Gasteiger partial charge in [0, 0.05) is 31.2 Å². The number of para-hydroxylation sites is 1. The maximum absolute atomic E-state index is 5.97. The van der Waals surface area contributed by atoms with Crippen LogP contribution in [0.4, 0.5) is 0 Å². The number of hydrogen-bond donors (Lipinski definition) is 1. The highest BCUT2D eigenvalue weighted by molar-refractivity contribution is 5.33. The van der Waals surface area contributed by atoms with Crippen LogP contribution >= 0.6 is 0 Å². The van der Waals surface area contributed by atoms with Crippen LogP contribution in [-0.4, -0.2) is 37.2 Å². The summed E-state index contributed by atoms with van der Waals surface area (Å²) in [5.41, 5.74) is 1.23. The summed E-state index contributed by atoms with van der Waals surface area (Å²) in [7, 11) is 0. The van der Waals surface area contributed by atoms with Crippen molar-refractivity contribution in [2.45, 2.75) is 32.4 Å². The number of benzene rings is 1. The van der Waals surface area contributed by atoms with Crippen molar-refractivity contribution in [2.24, 2.45) is 0 Å². The average Bonchev–Trinajstić information content (AvgIpc) is 3.30. The van der Waals surface area contributed by atoms with Crippen LogP contribution in [0, 0.1) is 0 Å². The summed E-state index contributed by atoms with van der Waals surface area (Å²) in [6.45, 7) is 10.5. The summed E-state index contributed by atoms with van der Waals surface area (Å²) in [6.07, 6.45) is 4.63. The monoisotopic (exact) mass is 274 g/mol. The van der Waals surface area contributed by atoms with E-state index in [9.17, 15) is 0 Å². The summed E-state index contributed by atoms with van der Waals surface area (Å²) >= 11 is 0. The van der Waals surface area contributed by atoms with Crippen LogP contribution < -0.4 is 10.1 Å². The largest absolute Gasteiger partial charge is 0.492 e. The lowest BCUT2D eigenvalue weighted by Gasteiger charge is -2.20. The fourth-order valence-corrected chi connectivity index (χ4v) is 2.35. The van der Waals surface area contributed by atoms with E-state index in [1.807, 2.05) is 12.1 Å². The second-order valence-electron chi connectivity index (χ2n) is 5.25. The quantitative estimate of drug-likeness (QED) is 0.664. The molecule has 0 saturated heterocycles. The molecule has 1 saturated carbocycles. The number of ether oxygens (including phenoxy) is 1. The zero-order valence-electron chi connectivity index (χ0n) is 12.5. The predicted molar refractivity (Wildman–Crippen MR) is 84.1 cm³/mol. The van der Waals surface area contributed by atoms with Gasteiger partial charge in [0.15, 0.2) is 0 Å². The van der Waals surface area contributed by atoms with Crippen molar-refractivity contribution in [2.75, 3.05) is 26.2 Å². The predicted octanol–water partition coefficient (Wildman–Crippen LogP) is 2.83. The molecule has 0 heterocycles. The molecule has 1 aromatic carbocycles. The number of rotatable bonds is 10. The molecule has 1 aromatic rings. The van der Waals surface area contributed by atoms with E-state index in [1.165, 1.54) is 18.4 Å². The molecule has 20 heavy (non-hydrogen) atoms. The molecule has 0 amide bonds. The van der Waals surface area contributed by atoms with Crippen LogP contribution in [0.1, 0.15) is 25.3 Å². The van der Waals surface area contributed by atoms with Gasteiger partial charge in [0.25, 0.3) is 0 Å². The van der Waals surface area contributed by atoms with Crippen molar-refractivity contribution in [1.82, 2.24) is 10.2 Å². The van der Waals surface area contributed by atoms with Crippen LogP contribution in [0.15, 0.2) is 36.9 Å². The van der Waals surface area contributed by atoms with E-state index in [1.54, 1.807) is 0 Å². The van der Waals surface area contributed by atoms with Gasteiger partial charge in [-0.25, -0.2) is 0 Å². The Bertz CT molecular complexity index is 415. The second kappa shape index (κ2) is 8.08. The first-order valence-corrected chi connectivity index (χ1v) is 7.61. The number of hydrogen-bond acceptors (Lipinski definition) is 3. The van der Waals surface area contributed by atoms with Gasteiger partial charge < -0.3 is 10.1 Å². The smallest absolute Gasteiger partial charge is 0.123 e. The minimum atomic E-state index is 0.744. The lowest BCUT2D eigenvalue weighted by atomic mass is 10.2. The maximum atomic E-state index is 5.97. The Morgan fingerprint density at radius 1 is 1.40 bits per heavy atom. The average molecular weight is 274 g/mol.